The zero-order valence-electron chi connectivity index (χ0n) is 12.0. The Kier molecular flexibility index (Phi) is 3.99. The first kappa shape index (κ1) is 14.2. The lowest BCUT2D eigenvalue weighted by Crippen LogP contribution is -2.44. The number of rotatable bonds is 2. The van der Waals surface area contributed by atoms with E-state index in [1.807, 2.05) is 18.2 Å². The summed E-state index contributed by atoms with van der Waals surface area (Å²) >= 11 is 5.78. The van der Waals surface area contributed by atoms with E-state index in [0.717, 1.165) is 37.4 Å². The van der Waals surface area contributed by atoms with Crippen molar-refractivity contribution < 1.29 is 0 Å². The van der Waals surface area contributed by atoms with Crippen LogP contribution in [-0.2, 0) is 0 Å². The van der Waals surface area contributed by atoms with E-state index in [2.05, 4.69) is 34.0 Å². The van der Waals surface area contributed by atoms with E-state index >= 15 is 0 Å². The maximum atomic E-state index is 11.6. The van der Waals surface area contributed by atoms with Crippen molar-refractivity contribution in [1.82, 2.24) is 9.88 Å². The molecule has 2 heterocycles. The van der Waals surface area contributed by atoms with Crippen LogP contribution in [0.25, 0.3) is 11.3 Å². The molecule has 0 bridgehead atoms. The second kappa shape index (κ2) is 5.92. The fraction of sp³-hybridized carbons (Fsp3) is 0.312. The number of halogens is 1. The number of H-pyrrole nitrogens is 1. The molecule has 0 atom stereocenters. The predicted octanol–water partition coefficient (Wildman–Crippen LogP) is 2.45. The first-order chi connectivity index (χ1) is 10.1. The first-order valence-electron chi connectivity index (χ1n) is 7.06. The van der Waals surface area contributed by atoms with Gasteiger partial charge in [-0.25, -0.2) is 0 Å². The number of benzene rings is 1. The molecule has 0 spiro atoms. The van der Waals surface area contributed by atoms with Gasteiger partial charge in [0, 0.05) is 43.1 Å². The molecule has 1 aliphatic heterocycles. The molecule has 21 heavy (non-hydrogen) atoms. The highest BCUT2D eigenvalue weighted by atomic mass is 35.5. The minimum atomic E-state index is -0.251. The minimum absolute atomic E-state index is 0.217. The molecular formula is C16H18ClN3O. The molecule has 3 rings (SSSR count). The van der Waals surface area contributed by atoms with Crippen LogP contribution >= 0.6 is 11.6 Å². The van der Waals surface area contributed by atoms with Crippen molar-refractivity contribution in [2.45, 2.75) is 0 Å². The van der Waals surface area contributed by atoms with Gasteiger partial charge >= 0.3 is 0 Å². The molecule has 1 fully saturated rings. The summed E-state index contributed by atoms with van der Waals surface area (Å²) in [6.45, 7) is 4.19. The van der Waals surface area contributed by atoms with Crippen LogP contribution in [0.3, 0.4) is 0 Å². The average Bonchev–Trinajstić information content (AvgIpc) is 2.51. The van der Waals surface area contributed by atoms with Crippen LogP contribution in [0.15, 0.2) is 41.2 Å². The van der Waals surface area contributed by atoms with Gasteiger partial charge in [-0.05, 0) is 31.3 Å². The molecule has 1 aromatic carbocycles. The van der Waals surface area contributed by atoms with Crippen molar-refractivity contribution in [3.63, 3.8) is 0 Å². The highest BCUT2D eigenvalue weighted by Crippen LogP contribution is 2.24. The van der Waals surface area contributed by atoms with E-state index in [4.69, 9.17) is 11.6 Å². The molecule has 0 aliphatic carbocycles. The molecular weight excluding hydrogens is 286 g/mol. The van der Waals surface area contributed by atoms with Crippen LogP contribution < -0.4 is 10.5 Å². The van der Waals surface area contributed by atoms with Crippen LogP contribution in [-0.4, -0.2) is 43.1 Å². The first-order valence-corrected chi connectivity index (χ1v) is 7.44. The van der Waals surface area contributed by atoms with Gasteiger partial charge in [0.05, 0.1) is 0 Å². The van der Waals surface area contributed by atoms with Gasteiger partial charge < -0.3 is 14.8 Å². The van der Waals surface area contributed by atoms with Crippen LogP contribution in [0.2, 0.25) is 5.02 Å². The van der Waals surface area contributed by atoms with Crippen molar-refractivity contribution in [1.29, 1.82) is 0 Å². The second-order valence-corrected chi connectivity index (χ2v) is 5.80. The Morgan fingerprint density at radius 2 is 1.86 bits per heavy atom. The molecule has 1 aromatic heterocycles. The standard InChI is InChI=1S/C16H18ClN3O/c1-19-7-9-20(10-8-19)13-4-2-3-12(11-13)15-6-5-14(17)16(21)18-15/h2-6,11H,7-10H2,1H3,(H,18,21). The number of aromatic amines is 1. The summed E-state index contributed by atoms with van der Waals surface area (Å²) in [5, 5.41) is 0.217. The minimum Gasteiger partial charge on any atom is -0.369 e. The average molecular weight is 304 g/mol. The van der Waals surface area contributed by atoms with E-state index in [0.29, 0.717) is 0 Å². The largest absolute Gasteiger partial charge is 0.369 e. The normalized spacial score (nSPS) is 16.2. The third-order valence-corrected chi connectivity index (χ3v) is 4.18. The number of anilines is 1. The molecule has 5 heteroatoms. The Morgan fingerprint density at radius 3 is 2.57 bits per heavy atom. The zero-order valence-corrected chi connectivity index (χ0v) is 12.7. The molecule has 110 valence electrons. The number of likely N-dealkylation sites (N-methyl/N-ethyl adjacent to an activating group) is 1. The van der Waals surface area contributed by atoms with E-state index in [9.17, 15) is 4.79 Å². The van der Waals surface area contributed by atoms with Crippen molar-refractivity contribution in [3.05, 3.63) is 51.8 Å². The topological polar surface area (TPSA) is 39.3 Å². The SMILES string of the molecule is CN1CCN(c2cccc(-c3ccc(Cl)c(=O)[nH]3)c2)CC1. The quantitative estimate of drug-likeness (QED) is 0.926. The zero-order chi connectivity index (χ0) is 14.8. The highest BCUT2D eigenvalue weighted by molar-refractivity contribution is 6.30. The summed E-state index contributed by atoms with van der Waals surface area (Å²) in [6, 6.07) is 11.7. The van der Waals surface area contributed by atoms with Crippen LogP contribution in [0.5, 0.6) is 0 Å². The van der Waals surface area contributed by atoms with Crippen molar-refractivity contribution in [3.8, 4) is 11.3 Å². The Bertz CT molecular complexity index is 690. The Labute approximate surface area is 129 Å². The van der Waals surface area contributed by atoms with E-state index in [1.54, 1.807) is 6.07 Å². The molecule has 1 saturated heterocycles. The number of hydrogen-bond donors (Lipinski definition) is 1. The van der Waals surface area contributed by atoms with Crippen molar-refractivity contribution >= 4 is 17.3 Å². The van der Waals surface area contributed by atoms with Gasteiger partial charge in [0.25, 0.3) is 5.56 Å². The lowest BCUT2D eigenvalue weighted by atomic mass is 10.1. The fourth-order valence-corrected chi connectivity index (χ4v) is 2.67. The van der Waals surface area contributed by atoms with Gasteiger partial charge in [-0.2, -0.15) is 0 Å². The number of aromatic nitrogens is 1. The molecule has 0 amide bonds. The summed E-state index contributed by atoms with van der Waals surface area (Å²) in [5.74, 6) is 0. The molecule has 0 unspecified atom stereocenters. The Hall–Kier alpha value is -1.78. The summed E-state index contributed by atoms with van der Waals surface area (Å²) in [6.07, 6.45) is 0. The molecule has 0 radical (unpaired) electrons. The molecule has 1 N–H and O–H groups in total. The van der Waals surface area contributed by atoms with Gasteiger partial charge in [0.2, 0.25) is 0 Å². The van der Waals surface area contributed by atoms with Gasteiger partial charge in [-0.1, -0.05) is 23.7 Å². The number of nitrogens with one attached hydrogen (secondary N) is 1. The predicted molar refractivity (Wildman–Crippen MR) is 87.2 cm³/mol. The summed E-state index contributed by atoms with van der Waals surface area (Å²) < 4.78 is 0. The number of piperazine rings is 1. The van der Waals surface area contributed by atoms with Gasteiger partial charge in [-0.15, -0.1) is 0 Å². The molecule has 4 nitrogen and oxygen atoms in total. The van der Waals surface area contributed by atoms with Gasteiger partial charge in [0.1, 0.15) is 5.02 Å². The van der Waals surface area contributed by atoms with Crippen LogP contribution in [0.1, 0.15) is 0 Å². The van der Waals surface area contributed by atoms with Crippen LogP contribution in [0, 0.1) is 0 Å². The molecule has 1 aliphatic rings. The lowest BCUT2D eigenvalue weighted by molar-refractivity contribution is 0.313. The number of nitrogens with zero attached hydrogens (tertiary/aromatic N) is 2. The maximum Gasteiger partial charge on any atom is 0.267 e. The second-order valence-electron chi connectivity index (χ2n) is 5.39. The van der Waals surface area contributed by atoms with Crippen molar-refractivity contribution in [2.24, 2.45) is 0 Å². The fourth-order valence-electron chi connectivity index (χ4n) is 2.56. The highest BCUT2D eigenvalue weighted by Gasteiger charge is 2.14. The van der Waals surface area contributed by atoms with Gasteiger partial charge in [0.15, 0.2) is 0 Å². The lowest BCUT2D eigenvalue weighted by Gasteiger charge is -2.34. The number of pyridine rings is 1. The summed E-state index contributed by atoms with van der Waals surface area (Å²) in [4.78, 5) is 19.2. The number of hydrogen-bond acceptors (Lipinski definition) is 3. The third-order valence-electron chi connectivity index (χ3n) is 3.89. The Morgan fingerprint density at radius 1 is 1.10 bits per heavy atom. The summed E-state index contributed by atoms with van der Waals surface area (Å²) in [7, 11) is 2.15. The Balaban J connectivity index is 1.89. The molecule has 2 aromatic rings. The van der Waals surface area contributed by atoms with Gasteiger partial charge in [-0.3, -0.25) is 4.79 Å². The molecule has 0 saturated carbocycles. The van der Waals surface area contributed by atoms with E-state index in [1.165, 1.54) is 5.69 Å². The van der Waals surface area contributed by atoms with Crippen molar-refractivity contribution in [2.75, 3.05) is 38.1 Å². The third kappa shape index (κ3) is 3.12. The maximum absolute atomic E-state index is 11.6. The summed E-state index contributed by atoms with van der Waals surface area (Å²) in [5.41, 5.74) is 2.73. The monoisotopic (exact) mass is 303 g/mol. The van der Waals surface area contributed by atoms with E-state index in [-0.39, 0.29) is 10.6 Å². The smallest absolute Gasteiger partial charge is 0.267 e. The van der Waals surface area contributed by atoms with Crippen LogP contribution in [0.4, 0.5) is 5.69 Å². The van der Waals surface area contributed by atoms with E-state index < -0.39 is 0 Å².